The lowest BCUT2D eigenvalue weighted by Crippen LogP contribution is -2.56. The molecule has 1 saturated heterocycles. The Morgan fingerprint density at radius 2 is 1.94 bits per heavy atom. The van der Waals surface area contributed by atoms with E-state index in [0.29, 0.717) is 18.3 Å². The second kappa shape index (κ2) is 9.94. The van der Waals surface area contributed by atoms with Crippen LogP contribution in [0.4, 0.5) is 5.82 Å². The van der Waals surface area contributed by atoms with Gasteiger partial charge in [-0.2, -0.15) is 0 Å². The zero-order valence-corrected chi connectivity index (χ0v) is 21.8. The topological polar surface area (TPSA) is 78.8 Å². The number of ether oxygens (including phenoxy) is 1. The number of aromatic nitrogens is 2. The lowest BCUT2D eigenvalue weighted by molar-refractivity contribution is -0.159. The van der Waals surface area contributed by atoms with Crippen LogP contribution in [-0.4, -0.2) is 70.4 Å². The number of hydrogen-bond donors (Lipinski definition) is 1. The molecule has 188 valence electrons. The van der Waals surface area contributed by atoms with E-state index in [-0.39, 0.29) is 23.9 Å². The third-order valence-electron chi connectivity index (χ3n) is 8.60. The van der Waals surface area contributed by atoms with Gasteiger partial charge in [0.1, 0.15) is 11.9 Å². The molecule has 0 aromatic carbocycles. The Balaban J connectivity index is 1.41. The van der Waals surface area contributed by atoms with Crippen LogP contribution >= 0.6 is 0 Å². The molecule has 2 heterocycles. The second-order valence-electron chi connectivity index (χ2n) is 11.1. The number of fused-ring (bicyclic) bond motifs is 1. The maximum Gasteiger partial charge on any atom is 0.303 e. The number of rotatable bonds is 5. The molecule has 0 spiro atoms. The smallest absolute Gasteiger partial charge is 0.303 e. The highest BCUT2D eigenvalue weighted by molar-refractivity contribution is 5.66. The van der Waals surface area contributed by atoms with E-state index in [1.165, 1.54) is 6.92 Å². The molecule has 6 atom stereocenters. The lowest BCUT2D eigenvalue weighted by Gasteiger charge is -2.53. The number of carbonyl (C=O) groups is 1. The first-order chi connectivity index (χ1) is 16.1. The summed E-state index contributed by atoms with van der Waals surface area (Å²) in [5.74, 6) is 1.96. The van der Waals surface area contributed by atoms with Gasteiger partial charge < -0.3 is 14.7 Å². The van der Waals surface area contributed by atoms with Gasteiger partial charge in [0.2, 0.25) is 0 Å². The minimum absolute atomic E-state index is 0.115. The van der Waals surface area contributed by atoms with Gasteiger partial charge in [-0.1, -0.05) is 19.9 Å². The highest BCUT2D eigenvalue weighted by atomic mass is 16.5. The molecule has 3 aliphatic rings. The number of anilines is 1. The Hall–Kier alpha value is -1.99. The van der Waals surface area contributed by atoms with Crippen molar-refractivity contribution >= 4 is 11.8 Å². The summed E-state index contributed by atoms with van der Waals surface area (Å²) < 4.78 is 5.56. The second-order valence-corrected chi connectivity index (χ2v) is 11.1. The monoisotopic (exact) mass is 470 g/mol. The highest BCUT2D eigenvalue weighted by Crippen LogP contribution is 2.51. The van der Waals surface area contributed by atoms with E-state index in [1.807, 2.05) is 27.0 Å². The average molecular weight is 471 g/mol. The van der Waals surface area contributed by atoms with E-state index in [4.69, 9.17) is 9.72 Å². The van der Waals surface area contributed by atoms with Gasteiger partial charge in [-0.3, -0.25) is 14.7 Å². The fraction of sp³-hybridized carbons (Fsp3) is 0.741. The molecule has 1 N–H and O–H groups in total. The number of esters is 1. The van der Waals surface area contributed by atoms with Gasteiger partial charge in [-0.05, 0) is 56.9 Å². The maximum atomic E-state index is 11.8. The summed E-state index contributed by atoms with van der Waals surface area (Å²) >= 11 is 0. The van der Waals surface area contributed by atoms with Crippen molar-refractivity contribution in [1.82, 2.24) is 14.9 Å². The van der Waals surface area contributed by atoms with Gasteiger partial charge >= 0.3 is 5.97 Å². The van der Waals surface area contributed by atoms with Gasteiger partial charge in [0, 0.05) is 58.2 Å². The fourth-order valence-corrected chi connectivity index (χ4v) is 6.51. The van der Waals surface area contributed by atoms with E-state index in [0.717, 1.165) is 68.3 Å². The first-order valence-electron chi connectivity index (χ1n) is 12.9. The Morgan fingerprint density at radius 3 is 2.62 bits per heavy atom. The molecular formula is C27H42N4O3. The largest absolute Gasteiger partial charge is 0.458 e. The van der Waals surface area contributed by atoms with Crippen LogP contribution in [0.5, 0.6) is 0 Å². The highest BCUT2D eigenvalue weighted by Gasteiger charge is 2.52. The number of piperazine rings is 1. The van der Waals surface area contributed by atoms with Gasteiger partial charge in [-0.15, -0.1) is 0 Å². The van der Waals surface area contributed by atoms with Crippen molar-refractivity contribution < 1.29 is 14.6 Å². The number of hydrogen-bond acceptors (Lipinski definition) is 7. The molecule has 1 aromatic heterocycles. The molecule has 7 nitrogen and oxygen atoms in total. The Morgan fingerprint density at radius 1 is 1.24 bits per heavy atom. The van der Waals surface area contributed by atoms with Gasteiger partial charge in [0.05, 0.1) is 17.0 Å². The quantitative estimate of drug-likeness (QED) is 0.521. The van der Waals surface area contributed by atoms with Crippen molar-refractivity contribution in [3.8, 4) is 0 Å². The van der Waals surface area contributed by atoms with Crippen molar-refractivity contribution in [2.24, 2.45) is 23.7 Å². The van der Waals surface area contributed by atoms with E-state index in [2.05, 4.69) is 34.7 Å². The predicted octanol–water partition coefficient (Wildman–Crippen LogP) is 3.53. The number of nitrogens with zero attached hydrogens (tertiary/aromatic N) is 4. The van der Waals surface area contributed by atoms with Crippen LogP contribution in [0.25, 0.3) is 0 Å². The van der Waals surface area contributed by atoms with Crippen LogP contribution in [0.2, 0.25) is 0 Å². The van der Waals surface area contributed by atoms with Gasteiger partial charge in [0.15, 0.2) is 0 Å². The Kier molecular flexibility index (Phi) is 7.34. The summed E-state index contributed by atoms with van der Waals surface area (Å²) in [7, 11) is 0. The van der Waals surface area contributed by atoms with Crippen LogP contribution in [0.1, 0.15) is 58.3 Å². The Bertz CT molecular complexity index is 926. The van der Waals surface area contributed by atoms with Crippen LogP contribution in [0, 0.1) is 37.5 Å². The van der Waals surface area contributed by atoms with Crippen LogP contribution in [-0.2, 0) is 9.53 Å². The normalized spacial score (nSPS) is 33.1. The third kappa shape index (κ3) is 5.01. The minimum Gasteiger partial charge on any atom is -0.458 e. The average Bonchev–Trinajstić information content (AvgIpc) is 2.78. The van der Waals surface area contributed by atoms with Crippen molar-refractivity contribution in [3.63, 3.8) is 0 Å². The molecule has 0 radical (unpaired) electrons. The minimum atomic E-state index is -0.809. The van der Waals surface area contributed by atoms with E-state index in [1.54, 1.807) is 0 Å². The van der Waals surface area contributed by atoms with Crippen molar-refractivity contribution in [2.45, 2.75) is 72.5 Å². The van der Waals surface area contributed by atoms with Gasteiger partial charge in [-0.25, -0.2) is 4.98 Å². The summed E-state index contributed by atoms with van der Waals surface area (Å²) in [6.45, 7) is 17.0. The zero-order valence-electron chi connectivity index (χ0n) is 21.8. The molecule has 7 heteroatoms. The summed E-state index contributed by atoms with van der Waals surface area (Å²) in [6.07, 6.45) is 6.41. The van der Waals surface area contributed by atoms with Crippen LogP contribution in [0.3, 0.4) is 0 Å². The molecule has 2 fully saturated rings. The van der Waals surface area contributed by atoms with Crippen LogP contribution in [0.15, 0.2) is 17.8 Å². The molecule has 0 amide bonds. The molecule has 4 rings (SSSR count). The van der Waals surface area contributed by atoms with E-state index in [9.17, 15) is 9.90 Å². The number of aliphatic hydroxyl groups is 1. The predicted molar refractivity (Wildman–Crippen MR) is 134 cm³/mol. The fourth-order valence-electron chi connectivity index (χ4n) is 6.51. The molecule has 1 aromatic rings. The molecule has 1 aliphatic heterocycles. The summed E-state index contributed by atoms with van der Waals surface area (Å²) in [5.41, 5.74) is 2.23. The van der Waals surface area contributed by atoms with Crippen molar-refractivity contribution in [2.75, 3.05) is 37.6 Å². The molecule has 34 heavy (non-hydrogen) atoms. The zero-order chi connectivity index (χ0) is 24.6. The van der Waals surface area contributed by atoms with E-state index < -0.39 is 5.60 Å². The molecule has 0 bridgehead atoms. The first-order valence-corrected chi connectivity index (χ1v) is 12.9. The molecule has 1 unspecified atom stereocenters. The first kappa shape index (κ1) is 25.1. The molecular weight excluding hydrogens is 428 g/mol. The summed E-state index contributed by atoms with van der Waals surface area (Å²) in [6, 6.07) is 0. The number of carbonyl (C=O) groups excluding carboxylic acids is 1. The standard InChI is InChI=1S/C27H42N4O3/c1-17-13-24-23(8-7-19(3)27(24,33)14-25(17)34-22(6)32)18(2)16-30-9-11-31(12-10-30)26-21(5)28-15-20(4)29-26/h13,15,18-19,23-25,33H,7-12,14,16H2,1-6H3/t18?,19-,23+,24-,25-,27-/m1/s1. The maximum absolute atomic E-state index is 11.8. The number of aryl methyl sites for hydroxylation is 2. The lowest BCUT2D eigenvalue weighted by atomic mass is 9.57. The third-order valence-corrected chi connectivity index (χ3v) is 8.60. The molecule has 1 saturated carbocycles. The SMILES string of the molecule is CC(=O)O[C@@H]1C[C@@]2(O)[C@H](C)CC[C@@H](C(C)CN3CCN(c4nc(C)cnc4C)CC3)[C@H]2C=C1C. The summed E-state index contributed by atoms with van der Waals surface area (Å²) in [5, 5.41) is 11.8. The van der Waals surface area contributed by atoms with Crippen molar-refractivity contribution in [3.05, 3.63) is 29.2 Å². The Labute approximate surface area is 204 Å². The molecule has 2 aliphatic carbocycles. The van der Waals surface area contributed by atoms with Gasteiger partial charge in [0.25, 0.3) is 0 Å². The van der Waals surface area contributed by atoms with E-state index >= 15 is 0 Å². The summed E-state index contributed by atoms with van der Waals surface area (Å²) in [4.78, 5) is 25.7. The van der Waals surface area contributed by atoms with Crippen LogP contribution < -0.4 is 4.90 Å². The van der Waals surface area contributed by atoms with Crippen molar-refractivity contribution in [1.29, 1.82) is 0 Å².